The number of nitrogens with zero attached hydrogens (tertiary/aromatic N) is 1. The van der Waals surface area contributed by atoms with Gasteiger partial charge < -0.3 is 5.11 Å². The summed E-state index contributed by atoms with van der Waals surface area (Å²) >= 11 is 1.60. The molecule has 0 spiro atoms. The van der Waals surface area contributed by atoms with Crippen molar-refractivity contribution >= 4 is 11.3 Å². The molecule has 1 unspecified atom stereocenters. The largest absolute Gasteiger partial charge is 0.386 e. The summed E-state index contributed by atoms with van der Waals surface area (Å²) in [5.41, 5.74) is 1.15. The Morgan fingerprint density at radius 3 is 2.38 bits per heavy atom. The van der Waals surface area contributed by atoms with Gasteiger partial charge in [0.2, 0.25) is 0 Å². The summed E-state index contributed by atoms with van der Waals surface area (Å²) in [6.45, 7) is 8.19. The highest BCUT2D eigenvalue weighted by Crippen LogP contribution is 2.24. The van der Waals surface area contributed by atoms with Crippen molar-refractivity contribution in [2.24, 2.45) is 5.92 Å². The van der Waals surface area contributed by atoms with E-state index in [1.807, 2.05) is 0 Å². The van der Waals surface area contributed by atoms with Gasteiger partial charge in [-0.25, -0.2) is 4.98 Å². The fourth-order valence-electron chi connectivity index (χ4n) is 1.21. The summed E-state index contributed by atoms with van der Waals surface area (Å²) in [6, 6.07) is 0. The number of aryl methyl sites for hydroxylation is 1. The summed E-state index contributed by atoms with van der Waals surface area (Å²) in [7, 11) is 0. The smallest absolute Gasteiger partial charge is 0.121 e. The number of aromatic nitrogens is 1. The highest BCUT2D eigenvalue weighted by Gasteiger charge is 2.11. The van der Waals surface area contributed by atoms with Gasteiger partial charge in [0, 0.05) is 4.88 Å². The minimum absolute atomic E-state index is 0.426. The highest BCUT2D eigenvalue weighted by molar-refractivity contribution is 7.11. The van der Waals surface area contributed by atoms with E-state index >= 15 is 0 Å². The number of hydrogen-bond acceptors (Lipinski definition) is 3. The Kier molecular flexibility index (Phi) is 3.45. The molecule has 0 fully saturated rings. The van der Waals surface area contributed by atoms with E-state index < -0.39 is 6.10 Å². The van der Waals surface area contributed by atoms with Crippen LogP contribution in [0.25, 0.3) is 0 Å². The second kappa shape index (κ2) is 4.20. The molecule has 0 aliphatic heterocycles. The van der Waals surface area contributed by atoms with E-state index in [0.29, 0.717) is 5.92 Å². The summed E-state index contributed by atoms with van der Waals surface area (Å²) in [4.78, 5) is 5.66. The maximum Gasteiger partial charge on any atom is 0.121 e. The van der Waals surface area contributed by atoms with Gasteiger partial charge in [-0.1, -0.05) is 13.8 Å². The number of rotatable bonds is 3. The number of aliphatic hydroxyl groups excluding tert-OH is 1. The fourth-order valence-corrected chi connectivity index (χ4v) is 2.09. The average Bonchev–Trinajstić information content (AvgIpc) is 2.31. The first-order chi connectivity index (χ1) is 6.00. The molecule has 0 aromatic carbocycles. The zero-order chi connectivity index (χ0) is 10.0. The molecule has 1 N–H and O–H groups in total. The van der Waals surface area contributed by atoms with E-state index in [9.17, 15) is 5.11 Å². The second-order valence-corrected chi connectivity index (χ2v) is 5.06. The molecule has 1 heterocycles. The molecule has 0 radical (unpaired) electrons. The molecule has 3 heteroatoms. The van der Waals surface area contributed by atoms with E-state index in [1.165, 1.54) is 4.88 Å². The summed E-state index contributed by atoms with van der Waals surface area (Å²) in [5.74, 6) is 0.627. The Labute approximate surface area is 83.6 Å². The van der Waals surface area contributed by atoms with Gasteiger partial charge in [0.15, 0.2) is 0 Å². The molecule has 74 valence electrons. The normalized spacial score (nSPS) is 13.7. The Balaban J connectivity index is 2.83. The van der Waals surface area contributed by atoms with E-state index in [2.05, 4.69) is 25.8 Å². The first-order valence-electron chi connectivity index (χ1n) is 4.65. The van der Waals surface area contributed by atoms with Gasteiger partial charge in [0.05, 0.1) is 5.69 Å². The van der Waals surface area contributed by atoms with Crippen molar-refractivity contribution in [1.29, 1.82) is 0 Å². The lowest BCUT2D eigenvalue weighted by molar-refractivity contribution is 0.198. The van der Waals surface area contributed by atoms with Crippen molar-refractivity contribution in [3.8, 4) is 0 Å². The Hall–Kier alpha value is -0.410. The fraction of sp³-hybridized carbons (Fsp3) is 0.700. The maximum absolute atomic E-state index is 9.34. The minimum Gasteiger partial charge on any atom is -0.386 e. The van der Waals surface area contributed by atoms with Crippen LogP contribution in [0.5, 0.6) is 0 Å². The van der Waals surface area contributed by atoms with Gasteiger partial charge in [-0.15, -0.1) is 11.3 Å². The minimum atomic E-state index is -0.426. The van der Waals surface area contributed by atoms with Gasteiger partial charge in [-0.3, -0.25) is 0 Å². The predicted octanol–water partition coefficient (Wildman–Crippen LogP) is 2.70. The molecule has 2 nitrogen and oxygen atoms in total. The van der Waals surface area contributed by atoms with Gasteiger partial charge in [-0.05, 0) is 26.2 Å². The average molecular weight is 199 g/mol. The Bertz CT molecular complexity index is 278. The molecular weight excluding hydrogens is 182 g/mol. The standard InChI is InChI=1S/C10H17NOS/c1-6(2)5-9-8(4)13-10(11-9)7(3)12/h6-7,12H,5H2,1-4H3. The summed E-state index contributed by atoms with van der Waals surface area (Å²) in [6.07, 6.45) is 0.583. The topological polar surface area (TPSA) is 33.1 Å². The van der Waals surface area contributed by atoms with Gasteiger partial charge in [0.1, 0.15) is 11.1 Å². The summed E-state index contributed by atoms with van der Waals surface area (Å²) in [5, 5.41) is 10.2. The van der Waals surface area contributed by atoms with Gasteiger partial charge >= 0.3 is 0 Å². The molecular formula is C10H17NOS. The van der Waals surface area contributed by atoms with Gasteiger partial charge in [0.25, 0.3) is 0 Å². The molecule has 1 rings (SSSR count). The van der Waals surface area contributed by atoms with Gasteiger partial charge in [-0.2, -0.15) is 0 Å². The maximum atomic E-state index is 9.34. The van der Waals surface area contributed by atoms with Crippen molar-refractivity contribution in [3.63, 3.8) is 0 Å². The van der Waals surface area contributed by atoms with Crippen LogP contribution in [0.2, 0.25) is 0 Å². The third-order valence-corrected chi connectivity index (χ3v) is 3.05. The molecule has 1 aromatic heterocycles. The van der Waals surface area contributed by atoms with Crippen LogP contribution >= 0.6 is 11.3 Å². The third kappa shape index (κ3) is 2.78. The SMILES string of the molecule is Cc1sc(C(C)O)nc1CC(C)C. The van der Waals surface area contributed by atoms with Crippen LogP contribution in [0.15, 0.2) is 0 Å². The third-order valence-electron chi connectivity index (χ3n) is 1.87. The summed E-state index contributed by atoms with van der Waals surface area (Å²) < 4.78 is 0. The monoisotopic (exact) mass is 199 g/mol. The van der Waals surface area contributed by atoms with E-state index in [1.54, 1.807) is 18.3 Å². The van der Waals surface area contributed by atoms with E-state index in [0.717, 1.165) is 17.1 Å². The number of aliphatic hydroxyl groups is 1. The van der Waals surface area contributed by atoms with Crippen molar-refractivity contribution < 1.29 is 5.11 Å². The second-order valence-electron chi connectivity index (χ2n) is 3.83. The molecule has 0 aliphatic carbocycles. The molecule has 0 amide bonds. The van der Waals surface area contributed by atoms with Crippen LogP contribution in [0, 0.1) is 12.8 Å². The quantitative estimate of drug-likeness (QED) is 0.812. The highest BCUT2D eigenvalue weighted by atomic mass is 32.1. The number of thiazole rings is 1. The van der Waals surface area contributed by atoms with E-state index in [-0.39, 0.29) is 0 Å². The first-order valence-corrected chi connectivity index (χ1v) is 5.46. The lowest BCUT2D eigenvalue weighted by Gasteiger charge is -2.01. The molecule has 0 bridgehead atoms. The zero-order valence-corrected chi connectivity index (χ0v) is 9.48. The Morgan fingerprint density at radius 2 is 2.00 bits per heavy atom. The lowest BCUT2D eigenvalue weighted by Crippen LogP contribution is -1.97. The predicted molar refractivity (Wildman–Crippen MR) is 56.0 cm³/mol. The van der Waals surface area contributed by atoms with Crippen molar-refractivity contribution in [1.82, 2.24) is 4.98 Å². The van der Waals surface area contributed by atoms with Crippen LogP contribution in [0.4, 0.5) is 0 Å². The van der Waals surface area contributed by atoms with Crippen LogP contribution in [0.3, 0.4) is 0 Å². The zero-order valence-electron chi connectivity index (χ0n) is 8.66. The molecule has 1 aromatic rings. The molecule has 13 heavy (non-hydrogen) atoms. The molecule has 1 atom stereocenters. The van der Waals surface area contributed by atoms with Crippen molar-refractivity contribution in [3.05, 3.63) is 15.6 Å². The van der Waals surface area contributed by atoms with Crippen LogP contribution < -0.4 is 0 Å². The first kappa shape index (κ1) is 10.7. The van der Waals surface area contributed by atoms with Crippen LogP contribution in [-0.4, -0.2) is 10.1 Å². The van der Waals surface area contributed by atoms with Crippen molar-refractivity contribution in [2.75, 3.05) is 0 Å². The lowest BCUT2D eigenvalue weighted by atomic mass is 10.1. The van der Waals surface area contributed by atoms with Crippen molar-refractivity contribution in [2.45, 2.75) is 40.2 Å². The molecule has 0 saturated carbocycles. The number of hydrogen-bond donors (Lipinski definition) is 1. The molecule has 0 saturated heterocycles. The van der Waals surface area contributed by atoms with Crippen LogP contribution in [-0.2, 0) is 6.42 Å². The Morgan fingerprint density at radius 1 is 1.38 bits per heavy atom. The van der Waals surface area contributed by atoms with E-state index in [4.69, 9.17) is 0 Å². The van der Waals surface area contributed by atoms with Crippen LogP contribution in [0.1, 0.15) is 42.5 Å². The molecule has 0 aliphatic rings.